The van der Waals surface area contributed by atoms with Crippen LogP contribution in [-0.4, -0.2) is 46.8 Å². The highest BCUT2D eigenvalue weighted by Crippen LogP contribution is 2.18. The average molecular weight is 314 g/mol. The Morgan fingerprint density at radius 2 is 2.04 bits per heavy atom. The standard InChI is InChI=1S/C17H22N4O2/c1-20-8-7-18-16(20)13-15(14-5-3-2-4-6-14)19-17(22)21-9-11-23-12-10-21/h2-8,15H,9-13H2,1H3,(H,19,22)/t15-/m0/s1. The van der Waals surface area contributed by atoms with Crippen LogP contribution in [0.2, 0.25) is 0 Å². The van der Waals surface area contributed by atoms with E-state index in [1.54, 1.807) is 11.1 Å². The van der Waals surface area contributed by atoms with Crippen molar-refractivity contribution in [3.05, 3.63) is 54.1 Å². The molecule has 1 aromatic heterocycles. The van der Waals surface area contributed by atoms with E-state index in [-0.39, 0.29) is 12.1 Å². The summed E-state index contributed by atoms with van der Waals surface area (Å²) in [5.41, 5.74) is 1.08. The second-order valence-corrected chi connectivity index (χ2v) is 5.67. The molecule has 1 aromatic carbocycles. The molecule has 1 fully saturated rings. The number of carbonyl (C=O) groups excluding carboxylic acids is 1. The number of amides is 2. The Bertz CT molecular complexity index is 635. The monoisotopic (exact) mass is 314 g/mol. The molecule has 0 unspecified atom stereocenters. The van der Waals surface area contributed by atoms with Crippen LogP contribution in [0.3, 0.4) is 0 Å². The van der Waals surface area contributed by atoms with Gasteiger partial charge in [-0.15, -0.1) is 0 Å². The molecule has 2 amide bonds. The van der Waals surface area contributed by atoms with Crippen molar-refractivity contribution in [2.24, 2.45) is 7.05 Å². The van der Waals surface area contributed by atoms with Gasteiger partial charge in [0.25, 0.3) is 0 Å². The topological polar surface area (TPSA) is 59.4 Å². The van der Waals surface area contributed by atoms with E-state index >= 15 is 0 Å². The lowest BCUT2D eigenvalue weighted by atomic mass is 10.0. The van der Waals surface area contributed by atoms with Crippen LogP contribution in [0.5, 0.6) is 0 Å². The Kier molecular flexibility index (Phi) is 4.92. The molecule has 0 saturated carbocycles. The average Bonchev–Trinajstić information content (AvgIpc) is 3.00. The minimum atomic E-state index is -0.104. The number of nitrogens with zero attached hydrogens (tertiary/aromatic N) is 3. The Morgan fingerprint density at radius 3 is 2.70 bits per heavy atom. The molecule has 0 bridgehead atoms. The lowest BCUT2D eigenvalue weighted by molar-refractivity contribution is 0.0524. The van der Waals surface area contributed by atoms with E-state index in [9.17, 15) is 4.79 Å². The van der Waals surface area contributed by atoms with Gasteiger partial charge in [0.05, 0.1) is 19.3 Å². The Morgan fingerprint density at radius 1 is 1.30 bits per heavy atom. The minimum absolute atomic E-state index is 0.0450. The first-order valence-electron chi connectivity index (χ1n) is 7.88. The van der Waals surface area contributed by atoms with Gasteiger partial charge in [-0.1, -0.05) is 30.3 Å². The van der Waals surface area contributed by atoms with Gasteiger partial charge in [-0.25, -0.2) is 9.78 Å². The molecule has 0 radical (unpaired) electrons. The van der Waals surface area contributed by atoms with Crippen LogP contribution in [0.1, 0.15) is 17.4 Å². The van der Waals surface area contributed by atoms with E-state index in [1.807, 2.05) is 48.1 Å². The number of hydrogen-bond donors (Lipinski definition) is 1. The summed E-state index contributed by atoms with van der Waals surface area (Å²) in [6, 6.07) is 9.87. The lowest BCUT2D eigenvalue weighted by Crippen LogP contribution is -2.47. The fourth-order valence-electron chi connectivity index (χ4n) is 2.72. The summed E-state index contributed by atoms with van der Waals surface area (Å²) >= 11 is 0. The second-order valence-electron chi connectivity index (χ2n) is 5.67. The third-order valence-electron chi connectivity index (χ3n) is 4.11. The molecule has 6 heteroatoms. The second kappa shape index (κ2) is 7.28. The van der Waals surface area contributed by atoms with Gasteiger partial charge >= 0.3 is 6.03 Å². The van der Waals surface area contributed by atoms with Crippen molar-refractivity contribution in [2.45, 2.75) is 12.5 Å². The summed E-state index contributed by atoms with van der Waals surface area (Å²) < 4.78 is 7.29. The lowest BCUT2D eigenvalue weighted by Gasteiger charge is -2.29. The molecule has 1 atom stereocenters. The van der Waals surface area contributed by atoms with Crippen LogP contribution >= 0.6 is 0 Å². The molecule has 122 valence electrons. The van der Waals surface area contributed by atoms with Crippen molar-refractivity contribution < 1.29 is 9.53 Å². The maximum absolute atomic E-state index is 12.5. The summed E-state index contributed by atoms with van der Waals surface area (Å²) in [5.74, 6) is 0.945. The molecule has 1 aliphatic rings. The van der Waals surface area contributed by atoms with Gasteiger partial charge < -0.3 is 19.5 Å². The number of aryl methyl sites for hydroxylation is 1. The van der Waals surface area contributed by atoms with Gasteiger partial charge in [0, 0.05) is 39.0 Å². The molecule has 1 saturated heterocycles. The fourth-order valence-corrected chi connectivity index (χ4v) is 2.72. The number of ether oxygens (including phenoxy) is 1. The van der Waals surface area contributed by atoms with Gasteiger partial charge in [-0.05, 0) is 5.56 Å². The summed E-state index contributed by atoms with van der Waals surface area (Å²) in [4.78, 5) is 18.7. The van der Waals surface area contributed by atoms with Crippen LogP contribution in [0.25, 0.3) is 0 Å². The van der Waals surface area contributed by atoms with Crippen LogP contribution in [0.4, 0.5) is 4.79 Å². The van der Waals surface area contributed by atoms with Crippen molar-refractivity contribution in [3.63, 3.8) is 0 Å². The van der Waals surface area contributed by atoms with E-state index in [2.05, 4.69) is 10.3 Å². The van der Waals surface area contributed by atoms with E-state index < -0.39 is 0 Å². The predicted octanol–water partition coefficient (Wildman–Crippen LogP) is 1.75. The normalized spacial score (nSPS) is 16.1. The molecule has 6 nitrogen and oxygen atoms in total. The number of morpholine rings is 1. The molecular weight excluding hydrogens is 292 g/mol. The Balaban J connectivity index is 1.75. The number of rotatable bonds is 4. The first-order valence-corrected chi connectivity index (χ1v) is 7.88. The highest BCUT2D eigenvalue weighted by Gasteiger charge is 2.22. The zero-order valence-corrected chi connectivity index (χ0v) is 13.3. The zero-order chi connectivity index (χ0) is 16.1. The van der Waals surface area contributed by atoms with E-state index in [1.165, 1.54) is 0 Å². The van der Waals surface area contributed by atoms with E-state index in [4.69, 9.17) is 4.74 Å². The largest absolute Gasteiger partial charge is 0.378 e. The number of urea groups is 1. The molecule has 1 N–H and O–H groups in total. The molecular formula is C17H22N4O2. The van der Waals surface area contributed by atoms with Gasteiger partial charge in [0.15, 0.2) is 0 Å². The zero-order valence-electron chi connectivity index (χ0n) is 13.3. The van der Waals surface area contributed by atoms with E-state index in [0.29, 0.717) is 32.7 Å². The third-order valence-corrected chi connectivity index (χ3v) is 4.11. The SMILES string of the molecule is Cn1ccnc1C[C@H](NC(=O)N1CCOCC1)c1ccccc1. The third kappa shape index (κ3) is 3.90. The molecule has 0 spiro atoms. The molecule has 23 heavy (non-hydrogen) atoms. The fraction of sp³-hybridized carbons (Fsp3) is 0.412. The Labute approximate surface area is 136 Å². The summed E-state index contributed by atoms with van der Waals surface area (Å²) in [6.07, 6.45) is 4.35. The van der Waals surface area contributed by atoms with Crippen LogP contribution in [0.15, 0.2) is 42.7 Å². The van der Waals surface area contributed by atoms with Crippen molar-refractivity contribution in [1.29, 1.82) is 0 Å². The first-order chi connectivity index (χ1) is 11.2. The quantitative estimate of drug-likeness (QED) is 0.935. The summed E-state index contributed by atoms with van der Waals surface area (Å²) in [7, 11) is 1.97. The predicted molar refractivity (Wildman–Crippen MR) is 87.0 cm³/mol. The van der Waals surface area contributed by atoms with Gasteiger partial charge in [0.2, 0.25) is 0 Å². The van der Waals surface area contributed by atoms with Crippen molar-refractivity contribution in [2.75, 3.05) is 26.3 Å². The summed E-state index contributed by atoms with van der Waals surface area (Å²) in [5, 5.41) is 3.15. The van der Waals surface area contributed by atoms with Crippen molar-refractivity contribution in [3.8, 4) is 0 Å². The van der Waals surface area contributed by atoms with Crippen molar-refractivity contribution in [1.82, 2.24) is 19.8 Å². The summed E-state index contributed by atoms with van der Waals surface area (Å²) in [6.45, 7) is 2.47. The molecule has 1 aliphatic heterocycles. The number of nitrogens with one attached hydrogen (secondary N) is 1. The van der Waals surface area contributed by atoms with Crippen LogP contribution in [0, 0.1) is 0 Å². The highest BCUT2D eigenvalue weighted by atomic mass is 16.5. The number of benzene rings is 1. The van der Waals surface area contributed by atoms with Gasteiger partial charge in [-0.2, -0.15) is 0 Å². The molecule has 2 aromatic rings. The first kappa shape index (κ1) is 15.6. The molecule has 2 heterocycles. The maximum Gasteiger partial charge on any atom is 0.318 e. The van der Waals surface area contributed by atoms with Gasteiger partial charge in [0.1, 0.15) is 5.82 Å². The van der Waals surface area contributed by atoms with E-state index in [0.717, 1.165) is 11.4 Å². The van der Waals surface area contributed by atoms with Crippen LogP contribution in [-0.2, 0) is 18.2 Å². The minimum Gasteiger partial charge on any atom is -0.378 e. The van der Waals surface area contributed by atoms with Crippen molar-refractivity contribution >= 4 is 6.03 Å². The number of imidazole rings is 1. The number of aromatic nitrogens is 2. The van der Waals surface area contributed by atoms with Crippen LogP contribution < -0.4 is 5.32 Å². The van der Waals surface area contributed by atoms with Gasteiger partial charge in [-0.3, -0.25) is 0 Å². The highest BCUT2D eigenvalue weighted by molar-refractivity contribution is 5.74. The molecule has 0 aliphatic carbocycles. The smallest absolute Gasteiger partial charge is 0.318 e. The number of hydrogen-bond acceptors (Lipinski definition) is 3. The Hall–Kier alpha value is -2.34. The molecule has 3 rings (SSSR count). The maximum atomic E-state index is 12.5. The number of carbonyl (C=O) groups is 1.